The number of para-hydroxylation sites is 2. The van der Waals surface area contributed by atoms with Crippen LogP contribution in [0.1, 0.15) is 21.5 Å². The van der Waals surface area contributed by atoms with Gasteiger partial charge >= 0.3 is 0 Å². The maximum atomic E-state index is 12.4. The molecule has 119 valence electrons. The molecule has 0 bridgehead atoms. The van der Waals surface area contributed by atoms with Gasteiger partial charge in [0.05, 0.1) is 5.69 Å². The first-order valence-corrected chi connectivity index (χ1v) is 7.71. The lowest BCUT2D eigenvalue weighted by atomic mass is 10.1. The average Bonchev–Trinajstić information content (AvgIpc) is 2.62. The van der Waals surface area contributed by atoms with Gasteiger partial charge in [-0.3, -0.25) is 4.79 Å². The molecule has 1 N–H and O–H groups in total. The van der Waals surface area contributed by atoms with Crippen LogP contribution in [0.25, 0.3) is 0 Å². The van der Waals surface area contributed by atoms with Gasteiger partial charge in [0.25, 0.3) is 5.91 Å². The van der Waals surface area contributed by atoms with Crippen LogP contribution >= 0.6 is 0 Å². The second-order valence-electron chi connectivity index (χ2n) is 5.42. The van der Waals surface area contributed by atoms with E-state index in [1.807, 2.05) is 66.7 Å². The van der Waals surface area contributed by atoms with Crippen LogP contribution in [0, 0.1) is 6.92 Å². The molecular weight excluding hydrogens is 298 g/mol. The summed E-state index contributed by atoms with van der Waals surface area (Å²) in [6.07, 6.45) is 0. The Balaban J connectivity index is 1.71. The van der Waals surface area contributed by atoms with Crippen molar-refractivity contribution in [1.82, 2.24) is 0 Å². The molecule has 1 radical (unpaired) electrons. The monoisotopic (exact) mass is 316 g/mol. The Labute approximate surface area is 141 Å². The summed E-state index contributed by atoms with van der Waals surface area (Å²) in [7, 11) is 0. The number of carbonyl (C=O) groups excluding carboxylic acids is 1. The zero-order chi connectivity index (χ0) is 16.8. The van der Waals surface area contributed by atoms with E-state index in [1.54, 1.807) is 12.1 Å². The molecule has 0 spiro atoms. The van der Waals surface area contributed by atoms with Crippen molar-refractivity contribution >= 4 is 11.6 Å². The van der Waals surface area contributed by atoms with Crippen LogP contribution in [-0.2, 0) is 6.61 Å². The molecule has 0 aliphatic heterocycles. The van der Waals surface area contributed by atoms with E-state index < -0.39 is 0 Å². The smallest absolute Gasteiger partial charge is 0.255 e. The van der Waals surface area contributed by atoms with Gasteiger partial charge in [-0.2, -0.15) is 0 Å². The Morgan fingerprint density at radius 2 is 1.54 bits per heavy atom. The van der Waals surface area contributed by atoms with E-state index in [-0.39, 0.29) is 5.91 Å². The third-order valence-electron chi connectivity index (χ3n) is 3.59. The Hall–Kier alpha value is -3.07. The first-order chi connectivity index (χ1) is 11.7. The summed E-state index contributed by atoms with van der Waals surface area (Å²) in [5.74, 6) is 0.467. The first kappa shape index (κ1) is 15.8. The predicted octanol–water partition coefficient (Wildman–Crippen LogP) is 4.70. The van der Waals surface area contributed by atoms with Gasteiger partial charge < -0.3 is 10.1 Å². The number of benzene rings is 3. The molecule has 3 aromatic rings. The fourth-order valence-electron chi connectivity index (χ4n) is 2.28. The number of hydrogen-bond acceptors (Lipinski definition) is 2. The minimum Gasteiger partial charge on any atom is -0.487 e. The second-order valence-corrected chi connectivity index (χ2v) is 5.42. The molecule has 3 heteroatoms. The standard InChI is InChI=1S/C21H18NO2/c1-16-11-13-18(14-12-16)21(23)22-19-9-5-6-10-20(19)24-15-17-7-3-2-4-8-17/h2-14H,1,15H2,(H,22,23). The van der Waals surface area contributed by atoms with Gasteiger partial charge in [-0.1, -0.05) is 54.6 Å². The van der Waals surface area contributed by atoms with Gasteiger partial charge in [0.15, 0.2) is 0 Å². The number of hydrogen-bond donors (Lipinski definition) is 1. The van der Waals surface area contributed by atoms with Gasteiger partial charge in [-0.15, -0.1) is 0 Å². The molecule has 3 nitrogen and oxygen atoms in total. The van der Waals surface area contributed by atoms with E-state index in [2.05, 4.69) is 12.2 Å². The van der Waals surface area contributed by atoms with Gasteiger partial charge in [0, 0.05) is 5.56 Å². The average molecular weight is 316 g/mol. The molecule has 1 amide bonds. The van der Waals surface area contributed by atoms with Crippen molar-refractivity contribution in [1.29, 1.82) is 0 Å². The third kappa shape index (κ3) is 4.02. The first-order valence-electron chi connectivity index (χ1n) is 7.71. The number of rotatable bonds is 5. The lowest BCUT2D eigenvalue weighted by Crippen LogP contribution is -2.12. The molecule has 3 aromatic carbocycles. The SMILES string of the molecule is [CH2]c1ccc(C(=O)Nc2ccccc2OCc2ccccc2)cc1. The summed E-state index contributed by atoms with van der Waals surface area (Å²) < 4.78 is 5.85. The maximum Gasteiger partial charge on any atom is 0.255 e. The van der Waals surface area contributed by atoms with E-state index in [0.29, 0.717) is 23.6 Å². The quantitative estimate of drug-likeness (QED) is 0.741. The van der Waals surface area contributed by atoms with Crippen LogP contribution < -0.4 is 10.1 Å². The molecule has 0 aliphatic carbocycles. The van der Waals surface area contributed by atoms with Crippen LogP contribution in [-0.4, -0.2) is 5.91 Å². The van der Waals surface area contributed by atoms with Crippen LogP contribution in [0.15, 0.2) is 78.9 Å². The maximum absolute atomic E-state index is 12.4. The number of anilines is 1. The summed E-state index contributed by atoms with van der Waals surface area (Å²) in [6, 6.07) is 24.5. The van der Waals surface area contributed by atoms with E-state index >= 15 is 0 Å². The Morgan fingerprint density at radius 1 is 0.875 bits per heavy atom. The molecule has 0 saturated carbocycles. The van der Waals surface area contributed by atoms with E-state index in [9.17, 15) is 4.79 Å². The van der Waals surface area contributed by atoms with E-state index in [0.717, 1.165) is 11.1 Å². The summed E-state index contributed by atoms with van der Waals surface area (Å²) in [6.45, 7) is 4.27. The number of amides is 1. The molecule has 0 atom stereocenters. The highest BCUT2D eigenvalue weighted by Crippen LogP contribution is 2.25. The fraction of sp³-hybridized carbons (Fsp3) is 0.0476. The molecule has 0 saturated heterocycles. The minimum atomic E-state index is -0.175. The third-order valence-corrected chi connectivity index (χ3v) is 3.59. The van der Waals surface area contributed by atoms with Crippen molar-refractivity contribution in [2.75, 3.05) is 5.32 Å². The second kappa shape index (κ2) is 7.47. The van der Waals surface area contributed by atoms with E-state index in [4.69, 9.17) is 4.74 Å². The molecule has 3 rings (SSSR count). The highest BCUT2D eigenvalue weighted by atomic mass is 16.5. The fourth-order valence-corrected chi connectivity index (χ4v) is 2.28. The summed E-state index contributed by atoms with van der Waals surface area (Å²) in [5, 5.41) is 2.90. The zero-order valence-corrected chi connectivity index (χ0v) is 13.2. The topological polar surface area (TPSA) is 38.3 Å². The van der Waals surface area contributed by atoms with Gasteiger partial charge in [-0.25, -0.2) is 0 Å². The molecule has 0 aliphatic rings. The van der Waals surface area contributed by atoms with Crippen molar-refractivity contribution in [3.63, 3.8) is 0 Å². The minimum absolute atomic E-state index is 0.175. The zero-order valence-electron chi connectivity index (χ0n) is 13.2. The Morgan fingerprint density at radius 3 is 2.29 bits per heavy atom. The molecular formula is C21H18NO2. The Kier molecular flexibility index (Phi) is 4.92. The van der Waals surface area contributed by atoms with E-state index in [1.165, 1.54) is 0 Å². The van der Waals surface area contributed by atoms with Crippen LogP contribution in [0.4, 0.5) is 5.69 Å². The van der Waals surface area contributed by atoms with Gasteiger partial charge in [0.2, 0.25) is 0 Å². The number of nitrogens with one attached hydrogen (secondary N) is 1. The summed E-state index contributed by atoms with van der Waals surface area (Å²) in [4.78, 5) is 12.4. The van der Waals surface area contributed by atoms with Crippen LogP contribution in [0.2, 0.25) is 0 Å². The van der Waals surface area contributed by atoms with Crippen molar-refractivity contribution in [2.24, 2.45) is 0 Å². The van der Waals surface area contributed by atoms with Crippen LogP contribution in [0.3, 0.4) is 0 Å². The summed E-state index contributed by atoms with van der Waals surface area (Å²) >= 11 is 0. The lowest BCUT2D eigenvalue weighted by molar-refractivity contribution is 0.102. The molecule has 0 aromatic heterocycles. The van der Waals surface area contributed by atoms with Crippen molar-refractivity contribution in [3.8, 4) is 5.75 Å². The number of ether oxygens (including phenoxy) is 1. The van der Waals surface area contributed by atoms with Gasteiger partial charge in [0.1, 0.15) is 12.4 Å². The van der Waals surface area contributed by atoms with Crippen molar-refractivity contribution in [2.45, 2.75) is 6.61 Å². The molecule has 0 unspecified atom stereocenters. The molecule has 0 heterocycles. The number of carbonyl (C=O) groups is 1. The predicted molar refractivity (Wildman–Crippen MR) is 96.1 cm³/mol. The summed E-state index contributed by atoms with van der Waals surface area (Å²) in [5.41, 5.74) is 3.18. The van der Waals surface area contributed by atoms with Gasteiger partial charge in [-0.05, 0) is 42.3 Å². The molecule has 24 heavy (non-hydrogen) atoms. The van der Waals surface area contributed by atoms with Crippen molar-refractivity contribution in [3.05, 3.63) is 102 Å². The van der Waals surface area contributed by atoms with Crippen LogP contribution in [0.5, 0.6) is 5.75 Å². The highest BCUT2D eigenvalue weighted by Gasteiger charge is 2.09. The largest absolute Gasteiger partial charge is 0.487 e. The molecule has 0 fully saturated rings. The Bertz CT molecular complexity index is 811. The normalized spacial score (nSPS) is 10.2. The highest BCUT2D eigenvalue weighted by molar-refractivity contribution is 6.05. The van der Waals surface area contributed by atoms with Crippen molar-refractivity contribution < 1.29 is 9.53 Å². The lowest BCUT2D eigenvalue weighted by Gasteiger charge is -2.12.